The van der Waals surface area contributed by atoms with Gasteiger partial charge in [-0.2, -0.15) is 0 Å². The van der Waals surface area contributed by atoms with Gasteiger partial charge in [-0.25, -0.2) is 4.98 Å². The molecule has 0 amide bonds. The molecule has 128 valence electrons. The molecular formula is C19H26N4S. The van der Waals surface area contributed by atoms with Crippen molar-refractivity contribution in [2.24, 2.45) is 5.92 Å². The van der Waals surface area contributed by atoms with E-state index in [0.29, 0.717) is 0 Å². The summed E-state index contributed by atoms with van der Waals surface area (Å²) in [7, 11) is 0. The number of hydrogen-bond acceptors (Lipinski definition) is 5. The second kappa shape index (κ2) is 7.11. The second-order valence-corrected chi connectivity index (χ2v) is 7.94. The van der Waals surface area contributed by atoms with Crippen LogP contribution in [0.15, 0.2) is 29.8 Å². The minimum Gasteiger partial charge on any atom is -0.380 e. The van der Waals surface area contributed by atoms with E-state index in [4.69, 9.17) is 0 Å². The van der Waals surface area contributed by atoms with E-state index in [-0.39, 0.29) is 0 Å². The minimum absolute atomic E-state index is 0.856. The average Bonchev–Trinajstić information content (AvgIpc) is 3.33. The Morgan fingerprint density at radius 1 is 1.21 bits per heavy atom. The van der Waals surface area contributed by atoms with Gasteiger partial charge >= 0.3 is 0 Å². The summed E-state index contributed by atoms with van der Waals surface area (Å²) in [5, 5.41) is 3.54. The van der Waals surface area contributed by atoms with E-state index in [0.717, 1.165) is 31.2 Å². The van der Waals surface area contributed by atoms with Crippen molar-refractivity contribution in [1.82, 2.24) is 9.88 Å². The number of nitrogens with zero attached hydrogens (tertiary/aromatic N) is 3. The molecule has 1 aromatic carbocycles. The van der Waals surface area contributed by atoms with Crippen LogP contribution in [0.2, 0.25) is 0 Å². The van der Waals surface area contributed by atoms with Crippen LogP contribution in [-0.2, 0) is 6.54 Å². The third-order valence-corrected chi connectivity index (χ3v) is 6.03. The monoisotopic (exact) mass is 342 g/mol. The predicted octanol–water partition coefficient (Wildman–Crippen LogP) is 3.60. The van der Waals surface area contributed by atoms with Crippen LogP contribution in [-0.4, -0.2) is 42.6 Å². The molecule has 2 aromatic rings. The molecule has 5 heteroatoms. The van der Waals surface area contributed by atoms with E-state index in [1.807, 2.05) is 5.51 Å². The fourth-order valence-corrected chi connectivity index (χ4v) is 4.06. The van der Waals surface area contributed by atoms with Gasteiger partial charge in [0.05, 0.1) is 17.7 Å². The van der Waals surface area contributed by atoms with Gasteiger partial charge in [0.15, 0.2) is 0 Å². The van der Waals surface area contributed by atoms with Crippen LogP contribution < -0.4 is 10.2 Å². The summed E-state index contributed by atoms with van der Waals surface area (Å²) in [6.45, 7) is 8.94. The Morgan fingerprint density at radius 2 is 2.04 bits per heavy atom. The maximum atomic E-state index is 4.32. The summed E-state index contributed by atoms with van der Waals surface area (Å²) in [4.78, 5) is 10.8. The molecule has 4 rings (SSSR count). The lowest BCUT2D eigenvalue weighted by molar-refractivity contribution is 0.248. The first-order valence-electron chi connectivity index (χ1n) is 8.98. The minimum atomic E-state index is 0.856. The van der Waals surface area contributed by atoms with Gasteiger partial charge in [-0.15, -0.1) is 11.3 Å². The summed E-state index contributed by atoms with van der Waals surface area (Å²) in [6.07, 6.45) is 2.90. The molecule has 1 N–H and O–H groups in total. The molecule has 2 aliphatic rings. The van der Waals surface area contributed by atoms with Gasteiger partial charge in [0.1, 0.15) is 0 Å². The molecule has 0 spiro atoms. The molecule has 1 saturated carbocycles. The SMILES string of the molecule is Cc1ncsc1CNc1cccc(N2CCN(CC3CC3)CC2)c1. The number of piperazine rings is 1. The van der Waals surface area contributed by atoms with Crippen LogP contribution >= 0.6 is 11.3 Å². The molecule has 1 aliphatic carbocycles. The molecule has 1 aliphatic heterocycles. The lowest BCUT2D eigenvalue weighted by atomic mass is 10.2. The van der Waals surface area contributed by atoms with Crippen molar-refractivity contribution in [2.45, 2.75) is 26.3 Å². The Bertz CT molecular complexity index is 672. The largest absolute Gasteiger partial charge is 0.380 e. The smallest absolute Gasteiger partial charge is 0.0798 e. The average molecular weight is 343 g/mol. The Morgan fingerprint density at radius 3 is 2.75 bits per heavy atom. The van der Waals surface area contributed by atoms with E-state index < -0.39 is 0 Å². The van der Waals surface area contributed by atoms with Gasteiger partial charge in [-0.1, -0.05) is 6.07 Å². The highest BCUT2D eigenvalue weighted by Gasteiger charge is 2.26. The number of benzene rings is 1. The molecule has 2 heterocycles. The van der Waals surface area contributed by atoms with Gasteiger partial charge < -0.3 is 10.2 Å². The molecule has 0 bridgehead atoms. The zero-order chi connectivity index (χ0) is 16.4. The van der Waals surface area contributed by atoms with E-state index in [9.17, 15) is 0 Å². The second-order valence-electron chi connectivity index (χ2n) is 7.00. The number of hydrogen-bond donors (Lipinski definition) is 1. The molecule has 0 radical (unpaired) electrons. The third-order valence-electron chi connectivity index (χ3n) is 5.09. The number of thiazole rings is 1. The summed E-state index contributed by atoms with van der Waals surface area (Å²) in [5.41, 5.74) is 5.59. The number of aryl methyl sites for hydroxylation is 1. The molecule has 2 fully saturated rings. The summed E-state index contributed by atoms with van der Waals surface area (Å²) in [6, 6.07) is 8.84. The van der Waals surface area contributed by atoms with Gasteiger partial charge in [0.25, 0.3) is 0 Å². The van der Waals surface area contributed by atoms with Crippen LogP contribution in [0.4, 0.5) is 11.4 Å². The summed E-state index contributed by atoms with van der Waals surface area (Å²) < 4.78 is 0. The van der Waals surface area contributed by atoms with E-state index in [1.165, 1.54) is 48.7 Å². The molecule has 24 heavy (non-hydrogen) atoms. The Balaban J connectivity index is 1.33. The summed E-state index contributed by atoms with van der Waals surface area (Å²) >= 11 is 1.72. The van der Waals surface area contributed by atoms with E-state index >= 15 is 0 Å². The standard InChI is InChI=1S/C19H26N4S/c1-15-19(24-14-21-15)12-20-17-3-2-4-18(11-17)23-9-7-22(8-10-23)13-16-5-6-16/h2-4,11,14,16,20H,5-10,12-13H2,1H3. The lowest BCUT2D eigenvalue weighted by Gasteiger charge is -2.36. The predicted molar refractivity (Wildman–Crippen MR) is 102 cm³/mol. The fraction of sp³-hybridized carbons (Fsp3) is 0.526. The topological polar surface area (TPSA) is 31.4 Å². The van der Waals surface area contributed by atoms with E-state index in [1.54, 1.807) is 11.3 Å². The molecular weight excluding hydrogens is 316 g/mol. The van der Waals surface area contributed by atoms with Crippen molar-refractivity contribution in [3.05, 3.63) is 40.3 Å². The Kier molecular flexibility index (Phi) is 4.72. The molecule has 4 nitrogen and oxygen atoms in total. The Labute approximate surface area is 148 Å². The number of anilines is 2. The first-order chi connectivity index (χ1) is 11.8. The lowest BCUT2D eigenvalue weighted by Crippen LogP contribution is -2.47. The van der Waals surface area contributed by atoms with Crippen LogP contribution in [0.25, 0.3) is 0 Å². The van der Waals surface area contributed by atoms with Gasteiger partial charge in [-0.3, -0.25) is 4.90 Å². The molecule has 0 unspecified atom stereocenters. The first-order valence-corrected chi connectivity index (χ1v) is 9.86. The van der Waals surface area contributed by atoms with E-state index in [2.05, 4.69) is 51.3 Å². The molecule has 1 aromatic heterocycles. The summed E-state index contributed by atoms with van der Waals surface area (Å²) in [5.74, 6) is 0.999. The zero-order valence-electron chi connectivity index (χ0n) is 14.4. The van der Waals surface area contributed by atoms with Gasteiger partial charge in [-0.05, 0) is 43.9 Å². The van der Waals surface area contributed by atoms with Crippen molar-refractivity contribution in [2.75, 3.05) is 42.9 Å². The number of aromatic nitrogens is 1. The van der Waals surface area contributed by atoms with Crippen molar-refractivity contribution >= 4 is 22.7 Å². The van der Waals surface area contributed by atoms with Crippen LogP contribution in [0, 0.1) is 12.8 Å². The quantitative estimate of drug-likeness (QED) is 0.869. The van der Waals surface area contributed by atoms with Crippen molar-refractivity contribution in [3.63, 3.8) is 0 Å². The van der Waals surface area contributed by atoms with Crippen molar-refractivity contribution < 1.29 is 0 Å². The maximum absolute atomic E-state index is 4.32. The van der Waals surface area contributed by atoms with Crippen molar-refractivity contribution in [1.29, 1.82) is 0 Å². The normalized spacial score (nSPS) is 18.8. The molecule has 0 atom stereocenters. The number of rotatable bonds is 6. The highest BCUT2D eigenvalue weighted by atomic mass is 32.1. The van der Waals surface area contributed by atoms with Gasteiger partial charge in [0.2, 0.25) is 0 Å². The highest BCUT2D eigenvalue weighted by Crippen LogP contribution is 2.30. The van der Waals surface area contributed by atoms with Crippen molar-refractivity contribution in [3.8, 4) is 0 Å². The van der Waals surface area contributed by atoms with Crippen LogP contribution in [0.1, 0.15) is 23.4 Å². The first kappa shape index (κ1) is 15.9. The zero-order valence-corrected chi connectivity index (χ0v) is 15.2. The molecule has 1 saturated heterocycles. The van der Waals surface area contributed by atoms with Crippen LogP contribution in [0.3, 0.4) is 0 Å². The third kappa shape index (κ3) is 3.90. The Hall–Kier alpha value is -1.59. The fourth-order valence-electron chi connectivity index (χ4n) is 3.35. The highest BCUT2D eigenvalue weighted by molar-refractivity contribution is 7.09. The number of nitrogens with one attached hydrogen (secondary N) is 1. The van der Waals surface area contributed by atoms with Gasteiger partial charge in [0, 0.05) is 49.0 Å². The maximum Gasteiger partial charge on any atom is 0.0798 e. The van der Waals surface area contributed by atoms with Crippen LogP contribution in [0.5, 0.6) is 0 Å².